The zero-order chi connectivity index (χ0) is 45.8. The average molecular weight is 892 g/mol. The van der Waals surface area contributed by atoms with E-state index >= 15 is 0 Å². The van der Waals surface area contributed by atoms with Crippen LogP contribution in [-0.2, 0) is 28.6 Å². The molecule has 0 aromatic carbocycles. The Morgan fingerprint density at radius 1 is 0.254 bits per heavy atom. The fourth-order valence-corrected chi connectivity index (χ4v) is 8.80. The van der Waals surface area contributed by atoms with Gasteiger partial charge in [0.15, 0.2) is 6.10 Å². The number of hydrogen-bond acceptors (Lipinski definition) is 6. The smallest absolute Gasteiger partial charge is 0.306 e. The van der Waals surface area contributed by atoms with Crippen molar-refractivity contribution < 1.29 is 28.6 Å². The Balaban J connectivity index is 3.87. The zero-order valence-corrected chi connectivity index (χ0v) is 42.9. The Bertz CT molecular complexity index is 936. The molecule has 0 radical (unpaired) electrons. The Morgan fingerprint density at radius 3 is 0.635 bits per heavy atom. The first-order chi connectivity index (χ1) is 31.0. The summed E-state index contributed by atoms with van der Waals surface area (Å²) in [7, 11) is 0. The molecule has 0 amide bonds. The highest BCUT2D eigenvalue weighted by atomic mass is 16.6. The number of rotatable bonds is 53. The molecule has 6 heteroatoms. The summed E-state index contributed by atoms with van der Waals surface area (Å²) in [6.45, 7) is 6.61. The second-order valence-electron chi connectivity index (χ2n) is 19.6. The number of esters is 3. The van der Waals surface area contributed by atoms with Gasteiger partial charge in [0.1, 0.15) is 13.2 Å². The highest BCUT2D eigenvalue weighted by Crippen LogP contribution is 2.18. The third kappa shape index (κ3) is 51.3. The molecule has 63 heavy (non-hydrogen) atoms. The lowest BCUT2D eigenvalue weighted by molar-refractivity contribution is -0.167. The largest absolute Gasteiger partial charge is 0.462 e. The van der Waals surface area contributed by atoms with E-state index < -0.39 is 6.10 Å². The molecule has 0 rings (SSSR count). The van der Waals surface area contributed by atoms with E-state index in [1.165, 1.54) is 231 Å². The second kappa shape index (κ2) is 53.0. The van der Waals surface area contributed by atoms with E-state index in [-0.39, 0.29) is 31.1 Å². The van der Waals surface area contributed by atoms with Crippen LogP contribution in [0.4, 0.5) is 0 Å². The van der Waals surface area contributed by atoms with Gasteiger partial charge in [-0.15, -0.1) is 0 Å². The molecule has 0 heterocycles. The van der Waals surface area contributed by atoms with E-state index in [1.807, 2.05) is 0 Å². The van der Waals surface area contributed by atoms with Crippen molar-refractivity contribution in [3.63, 3.8) is 0 Å². The van der Waals surface area contributed by atoms with Crippen molar-refractivity contribution in [2.75, 3.05) is 13.2 Å². The second-order valence-corrected chi connectivity index (χ2v) is 19.6. The zero-order valence-electron chi connectivity index (χ0n) is 42.9. The molecule has 0 aliphatic carbocycles. The first-order valence-electron chi connectivity index (χ1n) is 28.5. The number of unbranched alkanes of at least 4 members (excludes halogenated alkanes) is 42. The lowest BCUT2D eigenvalue weighted by atomic mass is 10.0. The van der Waals surface area contributed by atoms with Crippen LogP contribution in [0.1, 0.15) is 329 Å². The Hall–Kier alpha value is -1.59. The molecule has 0 spiro atoms. The van der Waals surface area contributed by atoms with Crippen LogP contribution in [0.5, 0.6) is 0 Å². The van der Waals surface area contributed by atoms with Gasteiger partial charge in [0.05, 0.1) is 0 Å². The summed E-state index contributed by atoms with van der Waals surface area (Å²) in [6.07, 6.45) is 58.7. The van der Waals surface area contributed by atoms with Gasteiger partial charge in [-0.2, -0.15) is 0 Å². The molecule has 0 aromatic rings. The van der Waals surface area contributed by atoms with Crippen molar-refractivity contribution in [2.45, 2.75) is 335 Å². The van der Waals surface area contributed by atoms with Gasteiger partial charge in [0, 0.05) is 19.3 Å². The molecule has 0 saturated heterocycles. The number of carbonyl (C=O) groups excluding carboxylic acids is 3. The number of carbonyl (C=O) groups is 3. The number of hydrogen-bond donors (Lipinski definition) is 0. The predicted octanol–water partition coefficient (Wildman–Crippen LogP) is 18.8. The molecular formula is C57H110O6. The SMILES string of the molecule is CCCCCCCCCCCCCCCCCCCCCCCCCCCCCCCC(=O)OCC(COC(=O)CCCCCCCC)OC(=O)CCCCCCCCCCCC. The summed E-state index contributed by atoms with van der Waals surface area (Å²) in [5.41, 5.74) is 0. The van der Waals surface area contributed by atoms with E-state index in [0.717, 1.165) is 57.8 Å². The third-order valence-corrected chi connectivity index (χ3v) is 13.1. The first kappa shape index (κ1) is 61.4. The van der Waals surface area contributed by atoms with E-state index in [9.17, 15) is 14.4 Å². The van der Waals surface area contributed by atoms with Crippen molar-refractivity contribution in [2.24, 2.45) is 0 Å². The fourth-order valence-electron chi connectivity index (χ4n) is 8.80. The standard InChI is InChI=1S/C57H110O6/c1-4-7-10-13-16-18-20-21-22-23-24-25-26-27-28-29-30-31-32-33-34-35-36-37-38-40-41-44-47-50-56(59)62-53-54(52-61-55(58)49-46-43-15-12-9-6-3)63-57(60)51-48-45-42-39-19-17-14-11-8-5-2/h54H,4-53H2,1-3H3. The van der Waals surface area contributed by atoms with Crippen LogP contribution >= 0.6 is 0 Å². The summed E-state index contributed by atoms with van der Waals surface area (Å²) in [6, 6.07) is 0. The minimum absolute atomic E-state index is 0.0630. The van der Waals surface area contributed by atoms with Crippen LogP contribution in [0.2, 0.25) is 0 Å². The van der Waals surface area contributed by atoms with Crippen LogP contribution in [0.25, 0.3) is 0 Å². The summed E-state index contributed by atoms with van der Waals surface area (Å²) < 4.78 is 16.7. The molecular weight excluding hydrogens is 781 g/mol. The third-order valence-electron chi connectivity index (χ3n) is 13.1. The highest BCUT2D eigenvalue weighted by Gasteiger charge is 2.19. The molecule has 0 fully saturated rings. The van der Waals surface area contributed by atoms with Crippen molar-refractivity contribution in [1.82, 2.24) is 0 Å². The first-order valence-corrected chi connectivity index (χ1v) is 28.5. The molecule has 374 valence electrons. The predicted molar refractivity (Wildman–Crippen MR) is 270 cm³/mol. The maximum Gasteiger partial charge on any atom is 0.306 e. The molecule has 0 aromatic heterocycles. The van der Waals surface area contributed by atoms with Crippen LogP contribution in [-0.4, -0.2) is 37.2 Å². The summed E-state index contributed by atoms with van der Waals surface area (Å²) >= 11 is 0. The molecule has 0 aliphatic heterocycles. The Labute approximate surface area is 393 Å². The van der Waals surface area contributed by atoms with E-state index in [1.54, 1.807) is 0 Å². The topological polar surface area (TPSA) is 78.9 Å². The number of ether oxygens (including phenoxy) is 3. The maximum atomic E-state index is 12.7. The monoisotopic (exact) mass is 891 g/mol. The summed E-state index contributed by atoms with van der Waals surface area (Å²) in [4.78, 5) is 37.7. The molecule has 0 saturated carbocycles. The van der Waals surface area contributed by atoms with Crippen molar-refractivity contribution in [3.05, 3.63) is 0 Å². The molecule has 0 bridgehead atoms. The van der Waals surface area contributed by atoms with Gasteiger partial charge in [-0.25, -0.2) is 0 Å². The fraction of sp³-hybridized carbons (Fsp3) is 0.947. The van der Waals surface area contributed by atoms with Crippen molar-refractivity contribution in [3.8, 4) is 0 Å². The van der Waals surface area contributed by atoms with Gasteiger partial charge in [-0.1, -0.05) is 290 Å². The normalized spacial score (nSPS) is 11.9. The van der Waals surface area contributed by atoms with E-state index in [4.69, 9.17) is 14.2 Å². The van der Waals surface area contributed by atoms with Crippen LogP contribution in [0.15, 0.2) is 0 Å². The van der Waals surface area contributed by atoms with Crippen molar-refractivity contribution >= 4 is 17.9 Å². The lowest BCUT2D eigenvalue weighted by Gasteiger charge is -2.18. The Morgan fingerprint density at radius 2 is 0.429 bits per heavy atom. The minimum Gasteiger partial charge on any atom is -0.462 e. The quantitative estimate of drug-likeness (QED) is 0.0344. The highest BCUT2D eigenvalue weighted by molar-refractivity contribution is 5.71. The van der Waals surface area contributed by atoms with Crippen LogP contribution in [0, 0.1) is 0 Å². The molecule has 0 aliphatic rings. The molecule has 6 nitrogen and oxygen atoms in total. The van der Waals surface area contributed by atoms with Gasteiger partial charge in [-0.3, -0.25) is 14.4 Å². The minimum atomic E-state index is -0.758. The van der Waals surface area contributed by atoms with Gasteiger partial charge >= 0.3 is 17.9 Å². The van der Waals surface area contributed by atoms with Gasteiger partial charge in [0.25, 0.3) is 0 Å². The summed E-state index contributed by atoms with van der Waals surface area (Å²) in [5, 5.41) is 0. The van der Waals surface area contributed by atoms with E-state index in [2.05, 4.69) is 20.8 Å². The van der Waals surface area contributed by atoms with E-state index in [0.29, 0.717) is 19.3 Å². The summed E-state index contributed by atoms with van der Waals surface area (Å²) in [5.74, 6) is -0.855. The van der Waals surface area contributed by atoms with Crippen molar-refractivity contribution in [1.29, 1.82) is 0 Å². The van der Waals surface area contributed by atoms with Crippen LogP contribution < -0.4 is 0 Å². The maximum absolute atomic E-state index is 12.7. The molecule has 1 atom stereocenters. The average Bonchev–Trinajstić information content (AvgIpc) is 3.28. The van der Waals surface area contributed by atoms with Gasteiger partial charge in [0.2, 0.25) is 0 Å². The lowest BCUT2D eigenvalue weighted by Crippen LogP contribution is -2.30. The molecule has 0 N–H and O–H groups in total. The van der Waals surface area contributed by atoms with Crippen LogP contribution in [0.3, 0.4) is 0 Å². The molecule has 1 unspecified atom stereocenters. The van der Waals surface area contributed by atoms with Gasteiger partial charge in [-0.05, 0) is 19.3 Å². The Kier molecular flexibility index (Phi) is 51.7. The van der Waals surface area contributed by atoms with Gasteiger partial charge < -0.3 is 14.2 Å².